The Hall–Kier alpha value is -1.08. The number of rotatable bonds is 3. The maximum Gasteiger partial charge on any atom is 0.234 e. The Morgan fingerprint density at radius 2 is 2.58 bits per heavy atom. The highest BCUT2D eigenvalue weighted by Crippen LogP contribution is 2.02. The van der Waals surface area contributed by atoms with Gasteiger partial charge in [0.2, 0.25) is 5.91 Å². The smallest absolute Gasteiger partial charge is 0.234 e. The third kappa shape index (κ3) is 2.89. The van der Waals surface area contributed by atoms with Crippen molar-refractivity contribution in [3.63, 3.8) is 0 Å². The standard InChI is InChI=1S/C8H13N3O/c9-4-3-8(12)11-6-7-2-1-5-10-7/h7,10H,1-3,5-6H2,(H,11,12). The third-order valence-corrected chi connectivity index (χ3v) is 1.95. The molecule has 1 unspecified atom stereocenters. The van der Waals surface area contributed by atoms with E-state index in [1.165, 1.54) is 6.42 Å². The molecule has 1 atom stereocenters. The summed E-state index contributed by atoms with van der Waals surface area (Å²) in [6.45, 7) is 1.69. The van der Waals surface area contributed by atoms with E-state index in [-0.39, 0.29) is 12.3 Å². The summed E-state index contributed by atoms with van der Waals surface area (Å²) in [5.74, 6) is -0.175. The molecule has 1 saturated heterocycles. The molecule has 0 saturated carbocycles. The van der Waals surface area contributed by atoms with E-state index in [0.717, 1.165) is 13.0 Å². The summed E-state index contributed by atoms with van der Waals surface area (Å²) in [4.78, 5) is 10.8. The first-order valence-electron chi connectivity index (χ1n) is 4.20. The van der Waals surface area contributed by atoms with Gasteiger partial charge in [0.15, 0.2) is 0 Å². The Balaban J connectivity index is 2.08. The highest BCUT2D eigenvalue weighted by molar-refractivity contribution is 5.77. The molecular weight excluding hydrogens is 154 g/mol. The largest absolute Gasteiger partial charge is 0.354 e. The number of nitriles is 1. The lowest BCUT2D eigenvalue weighted by molar-refractivity contribution is -0.120. The van der Waals surface area contributed by atoms with E-state index in [1.54, 1.807) is 0 Å². The van der Waals surface area contributed by atoms with Crippen LogP contribution in [0.1, 0.15) is 19.3 Å². The van der Waals surface area contributed by atoms with Crippen LogP contribution < -0.4 is 10.6 Å². The van der Waals surface area contributed by atoms with Crippen LogP contribution in [0.4, 0.5) is 0 Å². The molecule has 1 rings (SSSR count). The Morgan fingerprint density at radius 3 is 3.17 bits per heavy atom. The lowest BCUT2D eigenvalue weighted by Crippen LogP contribution is -2.36. The van der Waals surface area contributed by atoms with E-state index in [9.17, 15) is 4.79 Å². The third-order valence-electron chi connectivity index (χ3n) is 1.95. The Bertz CT molecular complexity index is 191. The summed E-state index contributed by atoms with van der Waals surface area (Å²) >= 11 is 0. The highest BCUT2D eigenvalue weighted by Gasteiger charge is 2.13. The van der Waals surface area contributed by atoms with Gasteiger partial charge in [-0.15, -0.1) is 0 Å². The zero-order valence-corrected chi connectivity index (χ0v) is 6.97. The first kappa shape index (κ1) is 9.01. The van der Waals surface area contributed by atoms with Crippen molar-refractivity contribution in [2.24, 2.45) is 0 Å². The zero-order chi connectivity index (χ0) is 8.81. The normalized spacial score (nSPS) is 21.8. The van der Waals surface area contributed by atoms with Crippen molar-refractivity contribution in [2.75, 3.05) is 13.1 Å². The maximum absolute atomic E-state index is 10.8. The summed E-state index contributed by atoms with van der Waals surface area (Å²) in [5, 5.41) is 14.2. The van der Waals surface area contributed by atoms with Gasteiger partial charge in [-0.3, -0.25) is 4.79 Å². The number of amides is 1. The van der Waals surface area contributed by atoms with Crippen LogP contribution in [0.3, 0.4) is 0 Å². The SMILES string of the molecule is N#CCC(=O)NCC1CCCN1. The molecule has 4 nitrogen and oxygen atoms in total. The fourth-order valence-electron chi connectivity index (χ4n) is 1.30. The second-order valence-corrected chi connectivity index (χ2v) is 2.93. The van der Waals surface area contributed by atoms with Crippen LogP contribution in [0.2, 0.25) is 0 Å². The van der Waals surface area contributed by atoms with E-state index in [1.807, 2.05) is 6.07 Å². The van der Waals surface area contributed by atoms with Gasteiger partial charge in [0.05, 0.1) is 6.07 Å². The van der Waals surface area contributed by atoms with E-state index in [2.05, 4.69) is 10.6 Å². The minimum atomic E-state index is -0.175. The van der Waals surface area contributed by atoms with Crippen molar-refractivity contribution < 1.29 is 4.79 Å². The molecule has 12 heavy (non-hydrogen) atoms. The van der Waals surface area contributed by atoms with Crippen LogP contribution in [0.25, 0.3) is 0 Å². The van der Waals surface area contributed by atoms with Crippen LogP contribution >= 0.6 is 0 Å². The van der Waals surface area contributed by atoms with Crippen molar-refractivity contribution in [3.05, 3.63) is 0 Å². The minimum Gasteiger partial charge on any atom is -0.354 e. The van der Waals surface area contributed by atoms with Crippen molar-refractivity contribution in [1.82, 2.24) is 10.6 Å². The summed E-state index contributed by atoms with van der Waals surface area (Å²) in [7, 11) is 0. The molecule has 4 heteroatoms. The molecule has 0 spiro atoms. The Labute approximate surface area is 71.9 Å². The van der Waals surface area contributed by atoms with Crippen LogP contribution in [0.5, 0.6) is 0 Å². The van der Waals surface area contributed by atoms with E-state index in [4.69, 9.17) is 5.26 Å². The van der Waals surface area contributed by atoms with Gasteiger partial charge in [0.25, 0.3) is 0 Å². The van der Waals surface area contributed by atoms with Gasteiger partial charge < -0.3 is 10.6 Å². The van der Waals surface area contributed by atoms with Crippen LogP contribution in [-0.2, 0) is 4.79 Å². The van der Waals surface area contributed by atoms with Gasteiger partial charge in [0.1, 0.15) is 6.42 Å². The maximum atomic E-state index is 10.8. The van der Waals surface area contributed by atoms with Crippen molar-refractivity contribution in [3.8, 4) is 6.07 Å². The molecule has 0 aromatic rings. The second kappa shape index (κ2) is 4.73. The van der Waals surface area contributed by atoms with Gasteiger partial charge in [0, 0.05) is 12.6 Å². The summed E-state index contributed by atoms with van der Waals surface area (Å²) < 4.78 is 0. The van der Waals surface area contributed by atoms with Crippen LogP contribution in [-0.4, -0.2) is 25.0 Å². The molecule has 1 heterocycles. The molecule has 0 bridgehead atoms. The average molecular weight is 167 g/mol. The van der Waals surface area contributed by atoms with Gasteiger partial charge in [-0.05, 0) is 19.4 Å². The molecule has 1 aliphatic rings. The summed E-state index contributed by atoms with van der Waals surface area (Å²) in [5.41, 5.74) is 0. The molecule has 0 aromatic carbocycles. The van der Waals surface area contributed by atoms with Crippen LogP contribution in [0.15, 0.2) is 0 Å². The number of hydrogen-bond donors (Lipinski definition) is 2. The minimum absolute atomic E-state index is 0.0350. The summed E-state index contributed by atoms with van der Waals surface area (Å²) in [6, 6.07) is 2.22. The summed E-state index contributed by atoms with van der Waals surface area (Å²) in [6.07, 6.45) is 2.26. The number of carbonyl (C=O) groups is 1. The zero-order valence-electron chi connectivity index (χ0n) is 6.97. The van der Waals surface area contributed by atoms with Gasteiger partial charge in [-0.25, -0.2) is 0 Å². The van der Waals surface area contributed by atoms with Crippen LogP contribution in [0, 0.1) is 11.3 Å². The quantitative estimate of drug-likeness (QED) is 0.610. The predicted molar refractivity (Wildman–Crippen MR) is 44.3 cm³/mol. The van der Waals surface area contributed by atoms with Crippen molar-refractivity contribution >= 4 is 5.91 Å². The van der Waals surface area contributed by atoms with E-state index >= 15 is 0 Å². The lowest BCUT2D eigenvalue weighted by atomic mass is 10.2. The predicted octanol–water partition coefficient (Wildman–Crippen LogP) is -0.232. The molecule has 66 valence electrons. The van der Waals surface area contributed by atoms with Gasteiger partial charge in [-0.2, -0.15) is 5.26 Å². The molecule has 0 aliphatic carbocycles. The second-order valence-electron chi connectivity index (χ2n) is 2.93. The molecule has 0 aromatic heterocycles. The average Bonchev–Trinajstić information content (AvgIpc) is 2.53. The monoisotopic (exact) mass is 167 g/mol. The molecule has 1 amide bonds. The molecule has 1 aliphatic heterocycles. The van der Waals surface area contributed by atoms with E-state index in [0.29, 0.717) is 12.6 Å². The van der Waals surface area contributed by atoms with Crippen molar-refractivity contribution in [1.29, 1.82) is 5.26 Å². The fraction of sp³-hybridized carbons (Fsp3) is 0.750. The number of nitrogens with zero attached hydrogens (tertiary/aromatic N) is 1. The Morgan fingerprint density at radius 1 is 1.75 bits per heavy atom. The lowest BCUT2D eigenvalue weighted by Gasteiger charge is -2.09. The van der Waals surface area contributed by atoms with Crippen molar-refractivity contribution in [2.45, 2.75) is 25.3 Å². The number of hydrogen-bond acceptors (Lipinski definition) is 3. The van der Waals surface area contributed by atoms with Gasteiger partial charge >= 0.3 is 0 Å². The first-order chi connectivity index (χ1) is 5.83. The number of nitrogens with one attached hydrogen (secondary N) is 2. The highest BCUT2D eigenvalue weighted by atomic mass is 16.1. The van der Waals surface area contributed by atoms with Gasteiger partial charge in [-0.1, -0.05) is 0 Å². The molecular formula is C8H13N3O. The molecule has 2 N–H and O–H groups in total. The fourth-order valence-corrected chi connectivity index (χ4v) is 1.30. The topological polar surface area (TPSA) is 64.9 Å². The molecule has 0 radical (unpaired) electrons. The molecule has 1 fully saturated rings. The van der Waals surface area contributed by atoms with E-state index < -0.39 is 0 Å². The Kier molecular flexibility index (Phi) is 3.55. The number of carbonyl (C=O) groups excluding carboxylic acids is 1. The first-order valence-corrected chi connectivity index (χ1v) is 4.20.